The third-order valence-corrected chi connectivity index (χ3v) is 3.38. The lowest BCUT2D eigenvalue weighted by atomic mass is 10.0. The van der Waals surface area contributed by atoms with Gasteiger partial charge in [-0.1, -0.05) is 12.1 Å². The molecule has 0 atom stereocenters. The minimum absolute atomic E-state index is 0.245. The fourth-order valence-corrected chi connectivity index (χ4v) is 2.21. The Morgan fingerprint density at radius 3 is 2.43 bits per heavy atom. The number of nitrogens with zero attached hydrogens (tertiary/aromatic N) is 1. The number of benzene rings is 1. The number of rotatable bonds is 4. The van der Waals surface area contributed by atoms with E-state index in [-0.39, 0.29) is 17.2 Å². The first kappa shape index (κ1) is 14.9. The van der Waals surface area contributed by atoms with E-state index in [1.807, 2.05) is 26.0 Å². The van der Waals surface area contributed by atoms with Gasteiger partial charge in [0.1, 0.15) is 11.4 Å². The van der Waals surface area contributed by atoms with E-state index in [1.165, 1.54) is 10.7 Å². The number of aromatic nitrogens is 2. The molecule has 0 radical (unpaired) electrons. The Balaban J connectivity index is 1.95. The highest BCUT2D eigenvalue weighted by Gasteiger charge is 2.09. The molecule has 6 heteroatoms. The average Bonchev–Trinajstić information content (AvgIpc) is 2.76. The number of aromatic hydroxyl groups is 1. The van der Waals surface area contributed by atoms with Crippen LogP contribution in [0.2, 0.25) is 0 Å². The molecule has 0 aliphatic heterocycles. The van der Waals surface area contributed by atoms with Crippen LogP contribution in [0.15, 0.2) is 23.0 Å². The van der Waals surface area contributed by atoms with E-state index in [0.29, 0.717) is 18.7 Å². The van der Waals surface area contributed by atoms with E-state index in [2.05, 4.69) is 10.4 Å². The number of carbonyl (C=O) groups is 1. The van der Waals surface area contributed by atoms with Gasteiger partial charge in [0, 0.05) is 19.7 Å². The summed E-state index contributed by atoms with van der Waals surface area (Å²) >= 11 is 0. The predicted molar refractivity (Wildman–Crippen MR) is 79.7 cm³/mol. The summed E-state index contributed by atoms with van der Waals surface area (Å²) in [7, 11) is 1.56. The SMILES string of the molecule is Cc1cc(CCNC(=O)c2cc(=O)n(C)[nH]2)cc(C)c1O. The second-order valence-corrected chi connectivity index (χ2v) is 5.15. The highest BCUT2D eigenvalue weighted by atomic mass is 16.3. The number of aryl methyl sites for hydroxylation is 3. The van der Waals surface area contributed by atoms with Crippen LogP contribution in [0.3, 0.4) is 0 Å². The zero-order valence-corrected chi connectivity index (χ0v) is 12.4. The maximum Gasteiger partial charge on any atom is 0.269 e. The van der Waals surface area contributed by atoms with Crippen molar-refractivity contribution in [1.29, 1.82) is 0 Å². The topological polar surface area (TPSA) is 87.1 Å². The van der Waals surface area contributed by atoms with E-state index >= 15 is 0 Å². The number of aromatic amines is 1. The first-order valence-corrected chi connectivity index (χ1v) is 6.72. The highest BCUT2D eigenvalue weighted by molar-refractivity contribution is 5.92. The van der Waals surface area contributed by atoms with Gasteiger partial charge >= 0.3 is 0 Å². The van der Waals surface area contributed by atoms with E-state index in [0.717, 1.165) is 16.7 Å². The second kappa shape index (κ2) is 5.87. The van der Waals surface area contributed by atoms with E-state index in [1.54, 1.807) is 7.05 Å². The molecule has 0 saturated carbocycles. The summed E-state index contributed by atoms with van der Waals surface area (Å²) < 4.78 is 1.25. The zero-order chi connectivity index (χ0) is 15.6. The maximum atomic E-state index is 11.9. The van der Waals surface area contributed by atoms with Crippen molar-refractivity contribution in [2.75, 3.05) is 6.54 Å². The summed E-state index contributed by atoms with van der Waals surface area (Å²) in [5, 5.41) is 15.1. The third kappa shape index (κ3) is 3.34. The molecule has 2 rings (SSSR count). The Labute approximate surface area is 122 Å². The van der Waals surface area contributed by atoms with Crippen molar-refractivity contribution in [1.82, 2.24) is 15.1 Å². The standard InChI is InChI=1S/C15H19N3O3/c1-9-6-11(7-10(2)14(9)20)4-5-16-15(21)12-8-13(19)18(3)17-12/h6-8,17,20H,4-5H2,1-3H3,(H,16,21). The number of hydrogen-bond acceptors (Lipinski definition) is 3. The van der Waals surface area contributed by atoms with Crippen LogP contribution in [0, 0.1) is 13.8 Å². The van der Waals surface area contributed by atoms with Crippen molar-refractivity contribution in [3.05, 3.63) is 50.9 Å². The van der Waals surface area contributed by atoms with Gasteiger partial charge in [0.15, 0.2) is 0 Å². The number of hydrogen-bond donors (Lipinski definition) is 3. The van der Waals surface area contributed by atoms with Gasteiger partial charge in [-0.15, -0.1) is 0 Å². The molecule has 112 valence electrons. The van der Waals surface area contributed by atoms with Crippen molar-refractivity contribution >= 4 is 5.91 Å². The molecule has 3 N–H and O–H groups in total. The molecule has 2 aromatic rings. The van der Waals surface area contributed by atoms with Gasteiger partial charge in [-0.05, 0) is 37.0 Å². The van der Waals surface area contributed by atoms with Gasteiger partial charge in [0.25, 0.3) is 11.5 Å². The van der Waals surface area contributed by atoms with Crippen LogP contribution < -0.4 is 10.9 Å². The van der Waals surface area contributed by atoms with Crippen molar-refractivity contribution in [3.63, 3.8) is 0 Å². The minimum Gasteiger partial charge on any atom is -0.507 e. The molecular formula is C15H19N3O3. The monoisotopic (exact) mass is 289 g/mol. The highest BCUT2D eigenvalue weighted by Crippen LogP contribution is 2.22. The zero-order valence-electron chi connectivity index (χ0n) is 12.4. The normalized spacial score (nSPS) is 10.6. The number of H-pyrrole nitrogens is 1. The van der Waals surface area contributed by atoms with Crippen molar-refractivity contribution in [3.8, 4) is 5.75 Å². The van der Waals surface area contributed by atoms with Crippen LogP contribution in [-0.4, -0.2) is 27.3 Å². The summed E-state index contributed by atoms with van der Waals surface area (Å²) in [6.07, 6.45) is 0.658. The number of phenolic OH excluding ortho intramolecular Hbond substituents is 1. The molecule has 1 aromatic heterocycles. The van der Waals surface area contributed by atoms with E-state index < -0.39 is 0 Å². The number of phenols is 1. The Morgan fingerprint density at radius 2 is 1.90 bits per heavy atom. The number of carbonyl (C=O) groups excluding carboxylic acids is 1. The summed E-state index contributed by atoms with van der Waals surface area (Å²) in [6, 6.07) is 5.07. The van der Waals surface area contributed by atoms with E-state index in [4.69, 9.17) is 0 Å². The van der Waals surface area contributed by atoms with Gasteiger partial charge in [-0.2, -0.15) is 0 Å². The lowest BCUT2D eigenvalue weighted by Gasteiger charge is -2.08. The molecule has 0 bridgehead atoms. The molecular weight excluding hydrogens is 270 g/mol. The average molecular weight is 289 g/mol. The molecule has 0 unspecified atom stereocenters. The first-order valence-electron chi connectivity index (χ1n) is 6.72. The largest absolute Gasteiger partial charge is 0.507 e. The quantitative estimate of drug-likeness (QED) is 0.785. The molecule has 1 amide bonds. The maximum absolute atomic E-state index is 11.9. The van der Waals surface area contributed by atoms with Crippen LogP contribution in [0.1, 0.15) is 27.2 Å². The Kier molecular flexibility index (Phi) is 4.16. The smallest absolute Gasteiger partial charge is 0.269 e. The van der Waals surface area contributed by atoms with Gasteiger partial charge < -0.3 is 10.4 Å². The molecule has 0 spiro atoms. The third-order valence-electron chi connectivity index (χ3n) is 3.38. The summed E-state index contributed by atoms with van der Waals surface area (Å²) in [6.45, 7) is 4.15. The van der Waals surface area contributed by atoms with Crippen molar-refractivity contribution < 1.29 is 9.90 Å². The lowest BCUT2D eigenvalue weighted by Crippen LogP contribution is -2.26. The number of amides is 1. The predicted octanol–water partition coefficient (Wildman–Crippen LogP) is 1.01. The second-order valence-electron chi connectivity index (χ2n) is 5.15. The van der Waals surface area contributed by atoms with Crippen LogP contribution in [-0.2, 0) is 13.5 Å². The molecule has 6 nitrogen and oxygen atoms in total. The van der Waals surface area contributed by atoms with Crippen LogP contribution in [0.4, 0.5) is 0 Å². The van der Waals surface area contributed by atoms with Crippen molar-refractivity contribution in [2.45, 2.75) is 20.3 Å². The fourth-order valence-electron chi connectivity index (χ4n) is 2.21. The lowest BCUT2D eigenvalue weighted by molar-refractivity contribution is 0.0948. The van der Waals surface area contributed by atoms with Crippen LogP contribution in [0.25, 0.3) is 0 Å². The number of nitrogens with one attached hydrogen (secondary N) is 2. The van der Waals surface area contributed by atoms with Gasteiger partial charge in [-0.25, -0.2) is 0 Å². The molecule has 0 aliphatic rings. The minimum atomic E-state index is -0.306. The molecule has 1 heterocycles. The van der Waals surface area contributed by atoms with Crippen LogP contribution in [0.5, 0.6) is 5.75 Å². The van der Waals surface area contributed by atoms with Gasteiger partial charge in [0.05, 0.1) is 0 Å². The summed E-state index contributed by atoms with van der Waals surface area (Å²) in [5.41, 5.74) is 2.70. The summed E-state index contributed by atoms with van der Waals surface area (Å²) in [5.74, 6) is 0.00423. The van der Waals surface area contributed by atoms with Gasteiger partial charge in [0.2, 0.25) is 0 Å². The molecule has 0 saturated heterocycles. The Morgan fingerprint density at radius 1 is 1.29 bits per heavy atom. The molecule has 21 heavy (non-hydrogen) atoms. The Bertz CT molecular complexity index is 705. The Hall–Kier alpha value is -2.50. The first-order chi connectivity index (χ1) is 9.88. The van der Waals surface area contributed by atoms with E-state index in [9.17, 15) is 14.7 Å². The van der Waals surface area contributed by atoms with Crippen molar-refractivity contribution in [2.24, 2.45) is 7.05 Å². The molecule has 1 aromatic carbocycles. The molecule has 0 aliphatic carbocycles. The summed E-state index contributed by atoms with van der Waals surface area (Å²) in [4.78, 5) is 23.1. The van der Waals surface area contributed by atoms with Gasteiger partial charge in [-0.3, -0.25) is 19.4 Å². The fraction of sp³-hybridized carbons (Fsp3) is 0.333. The van der Waals surface area contributed by atoms with Crippen LogP contribution >= 0.6 is 0 Å². The molecule has 0 fully saturated rings.